The molecule has 0 fully saturated rings. The second-order valence-electron chi connectivity index (χ2n) is 5.27. The van der Waals surface area contributed by atoms with E-state index in [-0.39, 0.29) is 31.7 Å². The predicted molar refractivity (Wildman–Crippen MR) is 94.0 cm³/mol. The van der Waals surface area contributed by atoms with Crippen molar-refractivity contribution in [2.24, 2.45) is 5.92 Å². The summed E-state index contributed by atoms with van der Waals surface area (Å²) in [5, 5.41) is 0.457. The lowest BCUT2D eigenvalue weighted by atomic mass is 9.88. The fourth-order valence-corrected chi connectivity index (χ4v) is 2.40. The Labute approximate surface area is 148 Å². The Morgan fingerprint density at radius 3 is 2.54 bits per heavy atom. The van der Waals surface area contributed by atoms with Gasteiger partial charge in [-0.3, -0.25) is 4.79 Å². The number of methoxy groups -OCH3 is 1. The molecule has 5 heteroatoms. The Morgan fingerprint density at radius 2 is 1.96 bits per heavy atom. The van der Waals surface area contributed by atoms with Gasteiger partial charge in [0, 0.05) is 0 Å². The van der Waals surface area contributed by atoms with Crippen molar-refractivity contribution in [1.82, 2.24) is 0 Å². The van der Waals surface area contributed by atoms with Gasteiger partial charge in [-0.2, -0.15) is 0 Å². The van der Waals surface area contributed by atoms with Crippen molar-refractivity contribution < 1.29 is 19.0 Å². The molecule has 0 aromatic heterocycles. The van der Waals surface area contributed by atoms with E-state index in [0.29, 0.717) is 10.8 Å². The molecule has 0 saturated heterocycles. The number of hydrogen-bond donors (Lipinski definition) is 0. The summed E-state index contributed by atoms with van der Waals surface area (Å²) in [6.45, 7) is 4.32. The largest absolute Gasteiger partial charge is 0.495 e. The second-order valence-corrected chi connectivity index (χ2v) is 5.68. The van der Waals surface area contributed by atoms with Crippen LogP contribution in [0.5, 0.6) is 5.75 Å². The highest BCUT2D eigenvalue weighted by atomic mass is 35.5. The highest BCUT2D eigenvalue weighted by Crippen LogP contribution is 2.32. The third-order valence-corrected chi connectivity index (χ3v) is 3.52. The fraction of sp³-hybridized carbons (Fsp3) is 0.421. The van der Waals surface area contributed by atoms with Gasteiger partial charge in [-0.25, -0.2) is 0 Å². The number of benzene rings is 1. The molecule has 1 atom stereocenters. The van der Waals surface area contributed by atoms with Gasteiger partial charge in [0.15, 0.2) is 6.61 Å². The van der Waals surface area contributed by atoms with Crippen molar-refractivity contribution >= 4 is 17.6 Å². The molecule has 1 aromatic carbocycles. The van der Waals surface area contributed by atoms with Crippen LogP contribution >= 0.6 is 11.6 Å². The summed E-state index contributed by atoms with van der Waals surface area (Å²) >= 11 is 6.14. The van der Waals surface area contributed by atoms with E-state index >= 15 is 0 Å². The van der Waals surface area contributed by atoms with Gasteiger partial charge in [0.05, 0.1) is 18.1 Å². The highest BCUT2D eigenvalue weighted by molar-refractivity contribution is 6.32. The normalized spacial score (nSPS) is 11.2. The summed E-state index contributed by atoms with van der Waals surface area (Å²) in [5.74, 6) is 7.63. The number of rotatable bonds is 7. The zero-order chi connectivity index (χ0) is 17.9. The summed E-state index contributed by atoms with van der Waals surface area (Å²) in [6, 6.07) is 5.28. The smallest absolute Gasteiger partial charge is 0.314 e. The molecule has 0 aliphatic heterocycles. The number of carbonyl (C=O) groups is 1. The van der Waals surface area contributed by atoms with E-state index in [1.165, 1.54) is 0 Å². The van der Waals surface area contributed by atoms with E-state index in [1.807, 2.05) is 19.9 Å². The van der Waals surface area contributed by atoms with Crippen LogP contribution in [0.4, 0.5) is 0 Å². The first-order valence-electron chi connectivity index (χ1n) is 7.48. The van der Waals surface area contributed by atoms with Crippen molar-refractivity contribution in [2.45, 2.75) is 19.8 Å². The zero-order valence-corrected chi connectivity index (χ0v) is 14.9. The molecule has 0 aliphatic rings. The molecule has 128 valence electrons. The Balaban J connectivity index is 2.69. The summed E-state index contributed by atoms with van der Waals surface area (Å²) in [4.78, 5) is 12.4. The van der Waals surface area contributed by atoms with Crippen LogP contribution in [0.15, 0.2) is 18.2 Å². The van der Waals surface area contributed by atoms with Crippen LogP contribution in [0.25, 0.3) is 0 Å². The molecule has 0 bridgehead atoms. The fourth-order valence-electron chi connectivity index (χ4n) is 2.13. The van der Waals surface area contributed by atoms with Crippen molar-refractivity contribution in [3.8, 4) is 29.9 Å². The van der Waals surface area contributed by atoms with Crippen molar-refractivity contribution in [3.05, 3.63) is 28.8 Å². The molecule has 1 unspecified atom stereocenters. The van der Waals surface area contributed by atoms with Crippen molar-refractivity contribution in [2.75, 3.05) is 26.9 Å². The van der Waals surface area contributed by atoms with Crippen molar-refractivity contribution in [1.29, 1.82) is 0 Å². The van der Waals surface area contributed by atoms with Crippen LogP contribution in [-0.4, -0.2) is 32.9 Å². The average molecular weight is 349 g/mol. The number of halogens is 1. The molecule has 0 radical (unpaired) electrons. The SMILES string of the molecule is C#CCOCC#CCOC(=O)C(c1ccc(OC)c(Cl)c1)C(C)C. The molecule has 24 heavy (non-hydrogen) atoms. The summed E-state index contributed by atoms with van der Waals surface area (Å²) in [5.41, 5.74) is 0.783. The molecular formula is C19H21ClO4. The van der Waals surface area contributed by atoms with E-state index in [2.05, 4.69) is 17.8 Å². The minimum atomic E-state index is -0.423. The van der Waals surface area contributed by atoms with Crippen LogP contribution in [0, 0.1) is 30.1 Å². The van der Waals surface area contributed by atoms with Crippen LogP contribution in [-0.2, 0) is 14.3 Å². The van der Waals surface area contributed by atoms with Gasteiger partial charge >= 0.3 is 5.97 Å². The molecule has 0 aliphatic carbocycles. The van der Waals surface area contributed by atoms with E-state index in [1.54, 1.807) is 19.2 Å². The third kappa shape index (κ3) is 6.16. The first-order valence-corrected chi connectivity index (χ1v) is 7.86. The van der Waals surface area contributed by atoms with E-state index in [0.717, 1.165) is 5.56 Å². The summed E-state index contributed by atoms with van der Waals surface area (Å²) in [7, 11) is 1.54. The zero-order valence-electron chi connectivity index (χ0n) is 14.1. The summed E-state index contributed by atoms with van der Waals surface area (Å²) in [6.07, 6.45) is 5.05. The maximum atomic E-state index is 12.4. The van der Waals surface area contributed by atoms with Gasteiger partial charge in [0.1, 0.15) is 19.0 Å². The lowest BCUT2D eigenvalue weighted by Crippen LogP contribution is -2.21. The van der Waals surface area contributed by atoms with Crippen LogP contribution < -0.4 is 4.74 Å². The quantitative estimate of drug-likeness (QED) is 0.431. The molecule has 0 saturated carbocycles. The Bertz CT molecular complexity index is 650. The first-order chi connectivity index (χ1) is 11.5. The predicted octanol–water partition coefficient (Wildman–Crippen LogP) is 3.28. The molecule has 4 nitrogen and oxygen atoms in total. The van der Waals surface area contributed by atoms with Gasteiger partial charge < -0.3 is 14.2 Å². The van der Waals surface area contributed by atoms with E-state index < -0.39 is 5.92 Å². The maximum absolute atomic E-state index is 12.4. The third-order valence-electron chi connectivity index (χ3n) is 3.23. The molecule has 0 spiro atoms. The Morgan fingerprint density at radius 1 is 1.25 bits per heavy atom. The standard InChI is InChI=1S/C19H21ClO4/c1-5-10-23-11-6-7-12-24-19(21)18(14(2)3)15-8-9-17(22-4)16(20)13-15/h1,8-9,13-14,18H,10-12H2,2-4H3. The number of ether oxygens (including phenoxy) is 3. The maximum Gasteiger partial charge on any atom is 0.314 e. The van der Waals surface area contributed by atoms with Gasteiger partial charge in [0.2, 0.25) is 0 Å². The van der Waals surface area contributed by atoms with Crippen LogP contribution in [0.1, 0.15) is 25.3 Å². The Kier molecular flexibility index (Phi) is 8.79. The van der Waals surface area contributed by atoms with Crippen LogP contribution in [0.2, 0.25) is 5.02 Å². The van der Waals surface area contributed by atoms with Gasteiger partial charge in [-0.1, -0.05) is 49.3 Å². The van der Waals surface area contributed by atoms with E-state index in [4.69, 9.17) is 32.2 Å². The molecule has 0 heterocycles. The molecule has 1 aromatic rings. The molecule has 0 amide bonds. The number of hydrogen-bond acceptors (Lipinski definition) is 4. The van der Waals surface area contributed by atoms with Gasteiger partial charge in [-0.05, 0) is 23.6 Å². The molecule has 0 N–H and O–H groups in total. The minimum absolute atomic E-state index is 0.00531. The highest BCUT2D eigenvalue weighted by Gasteiger charge is 2.26. The van der Waals surface area contributed by atoms with E-state index in [9.17, 15) is 4.79 Å². The Hall–Kier alpha value is -2.14. The van der Waals surface area contributed by atoms with Gasteiger partial charge in [0.25, 0.3) is 0 Å². The number of esters is 1. The average Bonchev–Trinajstić information content (AvgIpc) is 2.54. The van der Waals surface area contributed by atoms with Gasteiger partial charge in [-0.15, -0.1) is 6.42 Å². The second kappa shape index (κ2) is 10.6. The monoisotopic (exact) mass is 348 g/mol. The van der Waals surface area contributed by atoms with Crippen LogP contribution in [0.3, 0.4) is 0 Å². The molecule has 1 rings (SSSR count). The number of terminal acetylenes is 1. The first kappa shape index (κ1) is 19.9. The minimum Gasteiger partial charge on any atom is -0.495 e. The van der Waals surface area contributed by atoms with Crippen molar-refractivity contribution in [3.63, 3.8) is 0 Å². The topological polar surface area (TPSA) is 44.8 Å². The molecular weight excluding hydrogens is 328 g/mol. The summed E-state index contributed by atoms with van der Waals surface area (Å²) < 4.78 is 15.4. The lowest BCUT2D eigenvalue weighted by Gasteiger charge is -2.20. The number of carbonyl (C=O) groups excluding carboxylic acids is 1. The lowest BCUT2D eigenvalue weighted by molar-refractivity contribution is -0.145.